The van der Waals surface area contributed by atoms with Crippen LogP contribution < -0.4 is 5.32 Å². The average molecular weight is 281 g/mol. The van der Waals surface area contributed by atoms with Crippen molar-refractivity contribution in [2.24, 2.45) is 0 Å². The van der Waals surface area contributed by atoms with Crippen LogP contribution in [0.3, 0.4) is 0 Å². The van der Waals surface area contributed by atoms with E-state index in [4.69, 9.17) is 4.74 Å². The van der Waals surface area contributed by atoms with Crippen molar-refractivity contribution in [3.63, 3.8) is 0 Å². The van der Waals surface area contributed by atoms with Gasteiger partial charge >= 0.3 is 0 Å². The van der Waals surface area contributed by atoms with E-state index in [1.807, 2.05) is 0 Å². The fraction of sp³-hybridized carbons (Fsp3) is 0.533. The Morgan fingerprint density at radius 2 is 2.15 bits per heavy atom. The smallest absolute Gasteiger partial charge is 0.220 e. The van der Waals surface area contributed by atoms with Crippen molar-refractivity contribution in [3.05, 3.63) is 35.6 Å². The number of nitrogens with one attached hydrogen (secondary N) is 1. The highest BCUT2D eigenvalue weighted by Gasteiger charge is 2.29. The van der Waals surface area contributed by atoms with Crippen LogP contribution in [0.2, 0.25) is 0 Å². The van der Waals surface area contributed by atoms with Crippen LogP contribution in [0.5, 0.6) is 0 Å². The Morgan fingerprint density at radius 3 is 2.85 bits per heavy atom. The second-order valence-electron chi connectivity index (χ2n) is 5.24. The van der Waals surface area contributed by atoms with E-state index in [1.165, 1.54) is 12.1 Å². The van der Waals surface area contributed by atoms with Gasteiger partial charge in [-0.1, -0.05) is 12.1 Å². The third-order valence-corrected chi connectivity index (χ3v) is 3.57. The average Bonchev–Trinajstić information content (AvgIpc) is 2.44. The maximum Gasteiger partial charge on any atom is 0.220 e. The number of ether oxygens (including phenoxy) is 1. The Bertz CT molecular complexity index is 458. The van der Waals surface area contributed by atoms with Gasteiger partial charge in [0.25, 0.3) is 0 Å². The number of carbonyl (C=O) groups is 1. The SMILES string of the molecule is O=C(CCc1cccc(F)c1)NCC1(O)CCOCC1. The van der Waals surface area contributed by atoms with Gasteiger partial charge in [-0.05, 0) is 24.1 Å². The summed E-state index contributed by atoms with van der Waals surface area (Å²) in [7, 11) is 0. The van der Waals surface area contributed by atoms with Gasteiger partial charge in [-0.15, -0.1) is 0 Å². The van der Waals surface area contributed by atoms with Crippen LogP contribution in [0.25, 0.3) is 0 Å². The standard InChI is InChI=1S/C15H20FNO3/c16-13-3-1-2-12(10-13)4-5-14(18)17-11-15(19)6-8-20-9-7-15/h1-3,10,19H,4-9,11H2,(H,17,18). The minimum Gasteiger partial charge on any atom is -0.388 e. The summed E-state index contributed by atoms with van der Waals surface area (Å²) in [4.78, 5) is 11.7. The Kier molecular flexibility index (Phi) is 5.09. The summed E-state index contributed by atoms with van der Waals surface area (Å²) >= 11 is 0. The lowest BCUT2D eigenvalue weighted by Crippen LogP contribution is -2.46. The lowest BCUT2D eigenvalue weighted by molar-refractivity contribution is -0.123. The van der Waals surface area contributed by atoms with Crippen molar-refractivity contribution in [3.8, 4) is 0 Å². The topological polar surface area (TPSA) is 58.6 Å². The number of amides is 1. The third kappa shape index (κ3) is 4.58. The Hall–Kier alpha value is -1.46. The summed E-state index contributed by atoms with van der Waals surface area (Å²) in [5, 5.41) is 12.9. The van der Waals surface area contributed by atoms with Gasteiger partial charge in [0.15, 0.2) is 0 Å². The maximum atomic E-state index is 13.0. The molecule has 1 aromatic rings. The van der Waals surface area contributed by atoms with E-state index in [1.54, 1.807) is 12.1 Å². The fourth-order valence-electron chi connectivity index (χ4n) is 2.23. The quantitative estimate of drug-likeness (QED) is 0.858. The molecule has 0 radical (unpaired) electrons. The lowest BCUT2D eigenvalue weighted by atomic mass is 9.94. The third-order valence-electron chi connectivity index (χ3n) is 3.57. The number of hydrogen-bond donors (Lipinski definition) is 2. The summed E-state index contributed by atoms with van der Waals surface area (Å²) in [5.41, 5.74) is -0.0582. The zero-order chi connectivity index (χ0) is 14.4. The molecule has 5 heteroatoms. The summed E-state index contributed by atoms with van der Waals surface area (Å²) in [6.45, 7) is 1.30. The van der Waals surface area contributed by atoms with Crippen LogP contribution >= 0.6 is 0 Å². The Labute approximate surface area is 117 Å². The van der Waals surface area contributed by atoms with E-state index in [0.29, 0.717) is 32.5 Å². The van der Waals surface area contributed by atoms with Gasteiger partial charge in [0.1, 0.15) is 5.82 Å². The minimum atomic E-state index is -0.854. The van der Waals surface area contributed by atoms with E-state index in [-0.39, 0.29) is 24.7 Å². The van der Waals surface area contributed by atoms with E-state index < -0.39 is 5.60 Å². The van der Waals surface area contributed by atoms with Gasteiger partial charge in [-0.2, -0.15) is 0 Å². The van der Waals surface area contributed by atoms with E-state index in [9.17, 15) is 14.3 Å². The molecule has 1 aliphatic heterocycles. The van der Waals surface area contributed by atoms with Crippen molar-refractivity contribution in [2.75, 3.05) is 19.8 Å². The Balaban J connectivity index is 1.72. The highest BCUT2D eigenvalue weighted by molar-refractivity contribution is 5.76. The van der Waals surface area contributed by atoms with Crippen LogP contribution in [-0.2, 0) is 16.0 Å². The molecule has 2 rings (SSSR count). The largest absolute Gasteiger partial charge is 0.388 e. The number of carbonyl (C=O) groups excluding carboxylic acids is 1. The highest BCUT2D eigenvalue weighted by Crippen LogP contribution is 2.19. The molecule has 0 unspecified atom stereocenters. The van der Waals surface area contributed by atoms with Crippen LogP contribution in [0.4, 0.5) is 4.39 Å². The van der Waals surface area contributed by atoms with Crippen molar-refractivity contribution < 1.29 is 19.0 Å². The predicted molar refractivity (Wildman–Crippen MR) is 72.7 cm³/mol. The van der Waals surface area contributed by atoms with E-state index in [0.717, 1.165) is 5.56 Å². The number of aryl methyl sites for hydroxylation is 1. The molecule has 2 N–H and O–H groups in total. The molecule has 0 aromatic heterocycles. The van der Waals surface area contributed by atoms with Crippen molar-refractivity contribution >= 4 is 5.91 Å². The molecule has 1 saturated heterocycles. The number of benzene rings is 1. The molecule has 1 fully saturated rings. The molecule has 1 amide bonds. The van der Waals surface area contributed by atoms with Gasteiger partial charge in [-0.3, -0.25) is 4.79 Å². The molecule has 0 saturated carbocycles. The first-order chi connectivity index (χ1) is 9.57. The van der Waals surface area contributed by atoms with Crippen LogP contribution in [0.1, 0.15) is 24.8 Å². The molecule has 110 valence electrons. The van der Waals surface area contributed by atoms with Crippen LogP contribution in [-0.4, -0.2) is 36.4 Å². The first kappa shape index (κ1) is 14.9. The van der Waals surface area contributed by atoms with Crippen LogP contribution in [0.15, 0.2) is 24.3 Å². The Morgan fingerprint density at radius 1 is 1.40 bits per heavy atom. The maximum absolute atomic E-state index is 13.0. The molecule has 20 heavy (non-hydrogen) atoms. The zero-order valence-electron chi connectivity index (χ0n) is 11.4. The minimum absolute atomic E-state index is 0.130. The van der Waals surface area contributed by atoms with E-state index in [2.05, 4.69) is 5.32 Å². The summed E-state index contributed by atoms with van der Waals surface area (Å²) in [6.07, 6.45) is 1.86. The summed E-state index contributed by atoms with van der Waals surface area (Å²) < 4.78 is 18.2. The second-order valence-corrected chi connectivity index (χ2v) is 5.24. The molecule has 4 nitrogen and oxygen atoms in total. The number of rotatable bonds is 5. The summed E-state index contributed by atoms with van der Waals surface area (Å²) in [5.74, 6) is -0.423. The molecule has 0 spiro atoms. The summed E-state index contributed by atoms with van der Waals surface area (Å²) in [6, 6.07) is 6.24. The predicted octanol–water partition coefficient (Wildman–Crippen LogP) is 1.42. The van der Waals surface area contributed by atoms with Crippen molar-refractivity contribution in [2.45, 2.75) is 31.3 Å². The molecule has 1 heterocycles. The highest BCUT2D eigenvalue weighted by atomic mass is 19.1. The number of hydrogen-bond acceptors (Lipinski definition) is 3. The van der Waals surface area contributed by atoms with Gasteiger partial charge in [-0.25, -0.2) is 4.39 Å². The van der Waals surface area contributed by atoms with E-state index >= 15 is 0 Å². The number of halogens is 1. The van der Waals surface area contributed by atoms with Crippen molar-refractivity contribution in [1.82, 2.24) is 5.32 Å². The van der Waals surface area contributed by atoms with Gasteiger partial charge in [0, 0.05) is 39.0 Å². The molecule has 1 aromatic carbocycles. The molecular weight excluding hydrogens is 261 g/mol. The number of aliphatic hydroxyl groups is 1. The molecule has 1 aliphatic rings. The molecule has 0 aliphatic carbocycles. The second kappa shape index (κ2) is 6.81. The van der Waals surface area contributed by atoms with Gasteiger partial charge in [0.05, 0.1) is 5.60 Å². The fourth-order valence-corrected chi connectivity index (χ4v) is 2.23. The zero-order valence-corrected chi connectivity index (χ0v) is 11.4. The van der Waals surface area contributed by atoms with Gasteiger partial charge in [0.2, 0.25) is 5.91 Å². The van der Waals surface area contributed by atoms with Crippen LogP contribution in [0, 0.1) is 5.82 Å². The molecule has 0 atom stereocenters. The monoisotopic (exact) mass is 281 g/mol. The lowest BCUT2D eigenvalue weighted by Gasteiger charge is -2.32. The first-order valence-corrected chi connectivity index (χ1v) is 6.89. The van der Waals surface area contributed by atoms with Gasteiger partial charge < -0.3 is 15.2 Å². The molecule has 0 bridgehead atoms. The molecular formula is C15H20FNO3. The van der Waals surface area contributed by atoms with Crippen molar-refractivity contribution in [1.29, 1.82) is 0 Å². The first-order valence-electron chi connectivity index (χ1n) is 6.89. The normalized spacial score (nSPS) is 17.7.